The third-order valence-corrected chi connectivity index (χ3v) is 7.75. The third-order valence-electron chi connectivity index (χ3n) is 7.75. The van der Waals surface area contributed by atoms with Crippen molar-refractivity contribution in [3.05, 3.63) is 140 Å². The van der Waals surface area contributed by atoms with E-state index in [0.29, 0.717) is 0 Å². The molecular formula is C36H23N. The van der Waals surface area contributed by atoms with E-state index in [0.717, 1.165) is 0 Å². The second-order valence-electron chi connectivity index (χ2n) is 9.77. The molecule has 0 bridgehead atoms. The predicted octanol–water partition coefficient (Wildman–Crippen LogP) is 9.91. The van der Waals surface area contributed by atoms with Crippen molar-refractivity contribution in [2.45, 2.75) is 0 Å². The molecule has 0 aliphatic heterocycles. The molecule has 0 amide bonds. The van der Waals surface area contributed by atoms with Gasteiger partial charge in [-0.1, -0.05) is 109 Å². The maximum Gasteiger partial charge on any atom is 0.0547 e. The first-order chi connectivity index (χ1) is 18.4. The van der Waals surface area contributed by atoms with E-state index in [4.69, 9.17) is 0 Å². The van der Waals surface area contributed by atoms with Gasteiger partial charge >= 0.3 is 0 Å². The highest BCUT2D eigenvalue weighted by Crippen LogP contribution is 2.40. The molecule has 8 rings (SSSR count). The van der Waals surface area contributed by atoms with Gasteiger partial charge in [-0.2, -0.15) is 0 Å². The van der Waals surface area contributed by atoms with Crippen molar-refractivity contribution >= 4 is 54.1 Å². The van der Waals surface area contributed by atoms with Crippen molar-refractivity contribution in [1.82, 2.24) is 4.57 Å². The van der Waals surface area contributed by atoms with Gasteiger partial charge in [-0.05, 0) is 73.8 Å². The molecule has 0 spiro atoms. The number of aromatic nitrogens is 1. The van der Waals surface area contributed by atoms with E-state index in [1.807, 2.05) is 0 Å². The molecule has 0 atom stereocenters. The smallest absolute Gasteiger partial charge is 0.0547 e. The van der Waals surface area contributed by atoms with Crippen molar-refractivity contribution in [3.63, 3.8) is 0 Å². The number of nitrogens with zero attached hydrogens (tertiary/aromatic N) is 1. The lowest BCUT2D eigenvalue weighted by Crippen LogP contribution is -1.93. The SMILES string of the molecule is c1ccc(-n2c3ccccc3c3ccc(-c4cc5ccc6ccccc6c5c5ccccc45)cc32)cc1. The molecule has 8 aromatic rings. The summed E-state index contributed by atoms with van der Waals surface area (Å²) >= 11 is 0. The molecule has 0 aliphatic rings. The molecule has 37 heavy (non-hydrogen) atoms. The van der Waals surface area contributed by atoms with Crippen LogP contribution in [0.2, 0.25) is 0 Å². The zero-order chi connectivity index (χ0) is 24.3. The van der Waals surface area contributed by atoms with Gasteiger partial charge in [0.25, 0.3) is 0 Å². The molecule has 1 aromatic heterocycles. The number of benzene rings is 7. The van der Waals surface area contributed by atoms with Gasteiger partial charge in [-0.25, -0.2) is 0 Å². The summed E-state index contributed by atoms with van der Waals surface area (Å²) in [4.78, 5) is 0. The quantitative estimate of drug-likeness (QED) is 0.222. The number of para-hydroxylation sites is 2. The van der Waals surface area contributed by atoms with Gasteiger partial charge < -0.3 is 4.57 Å². The van der Waals surface area contributed by atoms with Crippen LogP contribution in [0.1, 0.15) is 0 Å². The standard InChI is InChI=1S/C36H23N/c1-2-11-27(12-3-1)37-34-17-9-8-15-30(34)31-21-20-25(23-35(31)37)33-22-26-19-18-24-10-4-5-13-28(24)36(26)32-16-7-6-14-29(32)33/h1-23H. The summed E-state index contributed by atoms with van der Waals surface area (Å²) < 4.78 is 2.39. The van der Waals surface area contributed by atoms with Gasteiger partial charge in [-0.15, -0.1) is 0 Å². The summed E-state index contributed by atoms with van der Waals surface area (Å²) in [5, 5.41) is 10.3. The first-order valence-electron chi connectivity index (χ1n) is 12.8. The van der Waals surface area contributed by atoms with Crippen molar-refractivity contribution in [2.24, 2.45) is 0 Å². The molecule has 0 radical (unpaired) electrons. The van der Waals surface area contributed by atoms with Gasteiger partial charge in [0.1, 0.15) is 0 Å². The maximum absolute atomic E-state index is 2.39. The Kier molecular flexibility index (Phi) is 4.29. The summed E-state index contributed by atoms with van der Waals surface area (Å²) in [6.45, 7) is 0. The Bertz CT molecular complexity index is 2130. The minimum atomic E-state index is 1.18. The van der Waals surface area contributed by atoms with Crippen molar-refractivity contribution in [1.29, 1.82) is 0 Å². The van der Waals surface area contributed by atoms with Crippen LogP contribution in [-0.2, 0) is 0 Å². The Morgan fingerprint density at radius 3 is 1.89 bits per heavy atom. The second-order valence-corrected chi connectivity index (χ2v) is 9.77. The van der Waals surface area contributed by atoms with Gasteiger partial charge in [0, 0.05) is 16.5 Å². The summed E-state index contributed by atoms with van der Waals surface area (Å²) in [6, 6.07) is 50.8. The molecule has 1 heteroatoms. The predicted molar refractivity (Wildman–Crippen MR) is 159 cm³/mol. The van der Waals surface area contributed by atoms with E-state index in [9.17, 15) is 0 Å². The zero-order valence-corrected chi connectivity index (χ0v) is 20.2. The van der Waals surface area contributed by atoms with Crippen LogP contribution in [0.5, 0.6) is 0 Å². The van der Waals surface area contributed by atoms with E-state index in [2.05, 4.69) is 144 Å². The van der Waals surface area contributed by atoms with Gasteiger partial charge in [0.2, 0.25) is 0 Å². The Morgan fingerprint density at radius 2 is 1.03 bits per heavy atom. The molecule has 0 fully saturated rings. The zero-order valence-electron chi connectivity index (χ0n) is 20.2. The highest BCUT2D eigenvalue weighted by atomic mass is 15.0. The average Bonchev–Trinajstić information content (AvgIpc) is 3.30. The molecule has 7 aromatic carbocycles. The summed E-state index contributed by atoms with van der Waals surface area (Å²) in [5.41, 5.74) is 6.15. The van der Waals surface area contributed by atoms with Crippen LogP contribution in [0.25, 0.3) is 70.9 Å². The van der Waals surface area contributed by atoms with Gasteiger partial charge in [-0.3, -0.25) is 0 Å². The first-order valence-corrected chi connectivity index (χ1v) is 12.8. The minimum absolute atomic E-state index is 1.18. The fourth-order valence-corrected chi connectivity index (χ4v) is 6.11. The second kappa shape index (κ2) is 7.81. The molecular weight excluding hydrogens is 446 g/mol. The topological polar surface area (TPSA) is 4.93 Å². The molecule has 0 N–H and O–H groups in total. The lowest BCUT2D eigenvalue weighted by molar-refractivity contribution is 1.18. The Hall–Kier alpha value is -4.88. The molecule has 0 unspecified atom stereocenters. The van der Waals surface area contributed by atoms with E-state index >= 15 is 0 Å². The van der Waals surface area contributed by atoms with E-state index in [1.165, 1.54) is 70.9 Å². The Balaban J connectivity index is 1.48. The van der Waals surface area contributed by atoms with Crippen molar-refractivity contribution in [2.75, 3.05) is 0 Å². The Labute approximate surface area is 214 Å². The number of rotatable bonds is 2. The number of hydrogen-bond donors (Lipinski definition) is 0. The van der Waals surface area contributed by atoms with Crippen LogP contribution in [0.15, 0.2) is 140 Å². The average molecular weight is 470 g/mol. The maximum atomic E-state index is 2.39. The molecule has 172 valence electrons. The van der Waals surface area contributed by atoms with E-state index in [1.54, 1.807) is 0 Å². The summed E-state index contributed by atoms with van der Waals surface area (Å²) in [7, 11) is 0. The van der Waals surface area contributed by atoms with Crippen LogP contribution in [-0.4, -0.2) is 4.57 Å². The van der Waals surface area contributed by atoms with Crippen molar-refractivity contribution in [3.8, 4) is 16.8 Å². The minimum Gasteiger partial charge on any atom is -0.309 e. The van der Waals surface area contributed by atoms with Crippen molar-refractivity contribution < 1.29 is 0 Å². The highest BCUT2D eigenvalue weighted by Gasteiger charge is 2.15. The molecule has 0 aliphatic carbocycles. The van der Waals surface area contributed by atoms with E-state index in [-0.39, 0.29) is 0 Å². The van der Waals surface area contributed by atoms with Crippen LogP contribution in [0, 0.1) is 0 Å². The monoisotopic (exact) mass is 469 g/mol. The largest absolute Gasteiger partial charge is 0.309 e. The molecule has 1 heterocycles. The van der Waals surface area contributed by atoms with Crippen LogP contribution >= 0.6 is 0 Å². The normalized spacial score (nSPS) is 11.8. The van der Waals surface area contributed by atoms with E-state index < -0.39 is 0 Å². The molecule has 0 saturated carbocycles. The summed E-state index contributed by atoms with van der Waals surface area (Å²) in [5.74, 6) is 0. The lowest BCUT2D eigenvalue weighted by atomic mass is 9.90. The highest BCUT2D eigenvalue weighted by molar-refractivity contribution is 6.23. The Morgan fingerprint density at radius 1 is 0.378 bits per heavy atom. The van der Waals surface area contributed by atoms with Crippen LogP contribution in [0.3, 0.4) is 0 Å². The molecule has 1 nitrogen and oxygen atoms in total. The van der Waals surface area contributed by atoms with Gasteiger partial charge in [0.05, 0.1) is 11.0 Å². The van der Waals surface area contributed by atoms with Gasteiger partial charge in [0.15, 0.2) is 0 Å². The number of fused-ring (bicyclic) bond motifs is 8. The first kappa shape index (κ1) is 20.3. The number of hydrogen-bond acceptors (Lipinski definition) is 0. The third kappa shape index (κ3) is 2.98. The molecule has 0 saturated heterocycles. The summed E-state index contributed by atoms with van der Waals surface area (Å²) in [6.07, 6.45) is 0. The fourth-order valence-electron chi connectivity index (χ4n) is 6.11. The lowest BCUT2D eigenvalue weighted by Gasteiger charge is -2.14. The van der Waals surface area contributed by atoms with Crippen LogP contribution < -0.4 is 0 Å². The fraction of sp³-hybridized carbons (Fsp3) is 0. The van der Waals surface area contributed by atoms with Crippen LogP contribution in [0.4, 0.5) is 0 Å².